The van der Waals surface area contributed by atoms with Crippen LogP contribution in [0.15, 0.2) is 30.3 Å². The molecule has 1 fully saturated rings. The Bertz CT molecular complexity index is 470. The lowest BCUT2D eigenvalue weighted by Gasteiger charge is -2.41. The van der Waals surface area contributed by atoms with Gasteiger partial charge in [0.2, 0.25) is 5.91 Å². The third-order valence-electron chi connectivity index (χ3n) is 4.80. The Morgan fingerprint density at radius 3 is 2.59 bits per heavy atom. The molecule has 2 rings (SSSR count). The molecule has 1 aliphatic rings. The Morgan fingerprint density at radius 2 is 2.05 bits per heavy atom. The van der Waals surface area contributed by atoms with E-state index in [0.717, 1.165) is 31.2 Å². The number of carbonyl (C=O) groups is 1. The van der Waals surface area contributed by atoms with Crippen LogP contribution in [-0.2, 0) is 16.0 Å². The molecule has 0 aliphatic heterocycles. The van der Waals surface area contributed by atoms with E-state index < -0.39 is 6.10 Å². The van der Waals surface area contributed by atoms with Crippen LogP contribution in [0.2, 0.25) is 0 Å². The first-order chi connectivity index (χ1) is 10.6. The molecule has 0 saturated heterocycles. The van der Waals surface area contributed by atoms with E-state index in [1.807, 2.05) is 37.3 Å². The van der Waals surface area contributed by atoms with Crippen LogP contribution in [0, 0.1) is 5.41 Å². The summed E-state index contributed by atoms with van der Waals surface area (Å²) in [6.45, 7) is 2.47. The highest BCUT2D eigenvalue weighted by Crippen LogP contribution is 2.44. The first-order valence-electron chi connectivity index (χ1n) is 8.09. The second-order valence-corrected chi connectivity index (χ2v) is 6.40. The maximum atomic E-state index is 12.5. The molecule has 22 heavy (non-hydrogen) atoms. The zero-order valence-electron chi connectivity index (χ0n) is 13.5. The van der Waals surface area contributed by atoms with Crippen LogP contribution >= 0.6 is 0 Å². The number of nitrogens with one attached hydrogen (secondary N) is 1. The minimum Gasteiger partial charge on any atom is -0.391 e. The van der Waals surface area contributed by atoms with Crippen molar-refractivity contribution in [3.05, 3.63) is 35.9 Å². The van der Waals surface area contributed by atoms with Crippen molar-refractivity contribution in [2.45, 2.75) is 51.2 Å². The van der Waals surface area contributed by atoms with Crippen molar-refractivity contribution in [1.29, 1.82) is 0 Å². The third-order valence-corrected chi connectivity index (χ3v) is 4.80. The molecule has 1 aromatic carbocycles. The molecule has 1 aromatic rings. The summed E-state index contributed by atoms with van der Waals surface area (Å²) in [6.07, 6.45) is 3.67. The lowest BCUT2D eigenvalue weighted by molar-refractivity contribution is -0.139. The molecule has 0 spiro atoms. The van der Waals surface area contributed by atoms with E-state index >= 15 is 0 Å². The Hall–Kier alpha value is -1.39. The zero-order chi connectivity index (χ0) is 16.0. The smallest absolute Gasteiger partial charge is 0.226 e. The quantitative estimate of drug-likeness (QED) is 0.775. The molecule has 0 aromatic heterocycles. The van der Waals surface area contributed by atoms with Crippen molar-refractivity contribution >= 4 is 5.91 Å². The molecule has 1 saturated carbocycles. The second kappa shape index (κ2) is 7.75. The molecule has 2 unspecified atom stereocenters. The summed E-state index contributed by atoms with van der Waals surface area (Å²) >= 11 is 0. The number of hydrogen-bond donors (Lipinski definition) is 2. The summed E-state index contributed by atoms with van der Waals surface area (Å²) in [4.78, 5) is 12.5. The van der Waals surface area contributed by atoms with Gasteiger partial charge in [-0.1, -0.05) is 36.8 Å². The van der Waals surface area contributed by atoms with Crippen molar-refractivity contribution in [3.8, 4) is 0 Å². The number of aliphatic hydroxyl groups excluding tert-OH is 1. The predicted molar refractivity (Wildman–Crippen MR) is 86.5 cm³/mol. The highest BCUT2D eigenvalue weighted by atomic mass is 16.5. The van der Waals surface area contributed by atoms with Crippen molar-refractivity contribution in [2.75, 3.05) is 13.7 Å². The number of hydrogen-bond acceptors (Lipinski definition) is 3. The molecule has 2 N–H and O–H groups in total. The number of methoxy groups -OCH3 is 1. The number of ether oxygens (including phenoxy) is 1. The summed E-state index contributed by atoms with van der Waals surface area (Å²) in [5, 5.41) is 13.3. The Kier molecular flexibility index (Phi) is 5.98. The zero-order valence-corrected chi connectivity index (χ0v) is 13.5. The first-order valence-corrected chi connectivity index (χ1v) is 8.09. The second-order valence-electron chi connectivity index (χ2n) is 6.40. The normalized spacial score (nSPS) is 19.0. The van der Waals surface area contributed by atoms with Gasteiger partial charge in [-0.2, -0.15) is 0 Å². The van der Waals surface area contributed by atoms with Gasteiger partial charge in [-0.15, -0.1) is 0 Å². The van der Waals surface area contributed by atoms with E-state index in [2.05, 4.69) is 5.32 Å². The number of benzene rings is 1. The van der Waals surface area contributed by atoms with E-state index in [9.17, 15) is 9.90 Å². The standard InChI is InChI=1S/C18H27NO3/c1-14(16(20)13-15-7-4-3-5-8-15)19-17(21)18(9-6-10-18)11-12-22-2/h3-5,7-8,14,16,20H,6,9-13H2,1-2H3,(H,19,21). The van der Waals surface area contributed by atoms with Gasteiger partial charge in [0.1, 0.15) is 0 Å². The number of carbonyl (C=O) groups excluding carboxylic acids is 1. The average molecular weight is 305 g/mol. The third kappa shape index (κ3) is 4.08. The minimum absolute atomic E-state index is 0.0652. The Morgan fingerprint density at radius 1 is 1.36 bits per heavy atom. The van der Waals surface area contributed by atoms with Crippen LogP contribution in [0.5, 0.6) is 0 Å². The van der Waals surface area contributed by atoms with Gasteiger partial charge in [-0.3, -0.25) is 4.79 Å². The van der Waals surface area contributed by atoms with Crippen molar-refractivity contribution in [3.63, 3.8) is 0 Å². The van der Waals surface area contributed by atoms with Gasteiger partial charge in [0, 0.05) is 20.1 Å². The lowest BCUT2D eigenvalue weighted by Crippen LogP contribution is -2.52. The van der Waals surface area contributed by atoms with E-state index in [0.29, 0.717) is 13.0 Å². The van der Waals surface area contributed by atoms with Gasteiger partial charge in [0.05, 0.1) is 17.6 Å². The topological polar surface area (TPSA) is 58.6 Å². The fourth-order valence-corrected chi connectivity index (χ4v) is 2.98. The van der Waals surface area contributed by atoms with Crippen LogP contribution in [-0.4, -0.2) is 36.9 Å². The molecular weight excluding hydrogens is 278 g/mol. The maximum Gasteiger partial charge on any atom is 0.226 e. The van der Waals surface area contributed by atoms with Gasteiger partial charge < -0.3 is 15.2 Å². The number of rotatable bonds is 8. The Balaban J connectivity index is 1.87. The highest BCUT2D eigenvalue weighted by Gasteiger charge is 2.44. The van der Waals surface area contributed by atoms with Gasteiger partial charge in [0.15, 0.2) is 0 Å². The van der Waals surface area contributed by atoms with Crippen LogP contribution in [0.3, 0.4) is 0 Å². The van der Waals surface area contributed by atoms with E-state index in [4.69, 9.17) is 4.74 Å². The molecule has 0 heterocycles. The molecule has 122 valence electrons. The molecule has 2 atom stereocenters. The SMILES string of the molecule is COCCC1(C(=O)NC(C)C(O)Cc2ccccc2)CCC1. The molecule has 0 bridgehead atoms. The molecule has 4 heteroatoms. The van der Waals surface area contributed by atoms with Crippen molar-refractivity contribution in [2.24, 2.45) is 5.41 Å². The minimum atomic E-state index is -0.578. The van der Waals surface area contributed by atoms with Crippen molar-refractivity contribution in [1.82, 2.24) is 5.32 Å². The summed E-state index contributed by atoms with van der Waals surface area (Å²) in [7, 11) is 1.66. The van der Waals surface area contributed by atoms with Gasteiger partial charge in [0.25, 0.3) is 0 Å². The summed E-state index contributed by atoms with van der Waals surface area (Å²) < 4.78 is 5.13. The molecule has 4 nitrogen and oxygen atoms in total. The van der Waals surface area contributed by atoms with Crippen LogP contribution in [0.25, 0.3) is 0 Å². The number of aliphatic hydroxyl groups is 1. The van der Waals surface area contributed by atoms with Crippen molar-refractivity contribution < 1.29 is 14.6 Å². The van der Waals surface area contributed by atoms with Gasteiger partial charge in [-0.05, 0) is 31.7 Å². The van der Waals surface area contributed by atoms with E-state index in [1.165, 1.54) is 0 Å². The first kappa shape index (κ1) is 17.0. The average Bonchev–Trinajstić information content (AvgIpc) is 2.47. The summed E-state index contributed by atoms with van der Waals surface area (Å²) in [5.74, 6) is 0.0652. The molecular formula is C18H27NO3. The van der Waals surface area contributed by atoms with Crippen LogP contribution < -0.4 is 5.32 Å². The van der Waals surface area contributed by atoms with Gasteiger partial charge in [-0.25, -0.2) is 0 Å². The molecule has 1 amide bonds. The van der Waals surface area contributed by atoms with E-state index in [-0.39, 0.29) is 17.4 Å². The highest BCUT2D eigenvalue weighted by molar-refractivity contribution is 5.83. The van der Waals surface area contributed by atoms with E-state index in [1.54, 1.807) is 7.11 Å². The van der Waals surface area contributed by atoms with Crippen LogP contribution in [0.4, 0.5) is 0 Å². The largest absolute Gasteiger partial charge is 0.391 e. The van der Waals surface area contributed by atoms with Gasteiger partial charge >= 0.3 is 0 Å². The maximum absolute atomic E-state index is 12.5. The summed E-state index contributed by atoms with van der Waals surface area (Å²) in [6, 6.07) is 9.59. The predicted octanol–water partition coefficient (Wildman–Crippen LogP) is 2.30. The monoisotopic (exact) mass is 305 g/mol. The molecule has 1 aliphatic carbocycles. The molecule has 0 radical (unpaired) electrons. The summed E-state index contributed by atoms with van der Waals surface area (Å²) in [5.41, 5.74) is 0.797. The lowest BCUT2D eigenvalue weighted by atomic mass is 9.66. The Labute approximate surface area is 132 Å². The fraction of sp³-hybridized carbons (Fsp3) is 0.611. The number of amides is 1. The van der Waals surface area contributed by atoms with Crippen LogP contribution in [0.1, 0.15) is 38.2 Å². The fourth-order valence-electron chi connectivity index (χ4n) is 2.98.